The van der Waals surface area contributed by atoms with Gasteiger partial charge >= 0.3 is 0 Å². The van der Waals surface area contributed by atoms with Gasteiger partial charge in [-0.05, 0) is 61.0 Å². The second kappa shape index (κ2) is 5.01. The second-order valence-electron chi connectivity index (χ2n) is 9.71. The summed E-state index contributed by atoms with van der Waals surface area (Å²) in [4.78, 5) is 15.9. The van der Waals surface area contributed by atoms with Crippen LogP contribution < -0.4 is 0 Å². The monoisotopic (exact) mass is 351 g/mol. The Labute approximate surface area is 155 Å². The van der Waals surface area contributed by atoms with Crippen molar-refractivity contribution >= 4 is 17.2 Å². The number of aldehydes is 1. The third kappa shape index (κ3) is 1.67. The van der Waals surface area contributed by atoms with E-state index in [2.05, 4.69) is 43.1 Å². The minimum Gasteiger partial charge on any atom is -0.392 e. The predicted octanol–water partition coefficient (Wildman–Crippen LogP) is 4.37. The Balaban J connectivity index is 1.72. The van der Waals surface area contributed by atoms with Crippen molar-refractivity contribution in [1.29, 1.82) is 0 Å². The molecule has 0 amide bonds. The maximum atomic E-state index is 12.1. The van der Waals surface area contributed by atoms with Crippen molar-refractivity contribution in [2.75, 3.05) is 0 Å². The lowest BCUT2D eigenvalue weighted by Gasteiger charge is -2.63. The first kappa shape index (κ1) is 16.6. The summed E-state index contributed by atoms with van der Waals surface area (Å²) in [7, 11) is 0. The Morgan fingerprint density at radius 1 is 1.15 bits per heavy atom. The molecule has 1 aromatic heterocycles. The number of para-hydroxylation sites is 1. The molecule has 2 N–H and O–H groups in total. The number of benzene rings is 1. The lowest BCUT2D eigenvalue weighted by Crippen LogP contribution is -2.62. The van der Waals surface area contributed by atoms with Crippen molar-refractivity contribution in [3.05, 3.63) is 35.5 Å². The number of carbonyl (C=O) groups is 1. The Hall–Kier alpha value is -1.61. The van der Waals surface area contributed by atoms with Crippen molar-refractivity contribution < 1.29 is 9.90 Å². The lowest BCUT2D eigenvalue weighted by atomic mass is 9.41. The van der Waals surface area contributed by atoms with Gasteiger partial charge in [0.25, 0.3) is 0 Å². The molecule has 0 aliphatic heterocycles. The summed E-state index contributed by atoms with van der Waals surface area (Å²) in [5.41, 5.74) is 3.56. The smallest absolute Gasteiger partial charge is 0.128 e. The van der Waals surface area contributed by atoms with Gasteiger partial charge < -0.3 is 14.9 Å². The van der Waals surface area contributed by atoms with Crippen LogP contribution in [0.5, 0.6) is 0 Å². The van der Waals surface area contributed by atoms with Crippen LogP contribution in [0, 0.1) is 22.7 Å². The molecular weight excluding hydrogens is 322 g/mol. The molecule has 0 unspecified atom stereocenters. The summed E-state index contributed by atoms with van der Waals surface area (Å²) in [6.45, 7) is 6.84. The standard InChI is InChI=1S/C23H29NO2/c1-21(13-25)18-9-8-14-12-16-15-6-4-5-7-17(15)24-20(16)23(14,3)22(18,2)11-10-19(21)26/h4-7,13-14,18-19,24,26H,8-12H2,1-3H3/t14-,18-,19+,21+,22+,23+/m0/s1. The molecule has 5 rings (SSSR count). The fraction of sp³-hybridized carbons (Fsp3) is 0.609. The minimum atomic E-state index is -0.629. The van der Waals surface area contributed by atoms with E-state index in [0.29, 0.717) is 5.92 Å². The topological polar surface area (TPSA) is 53.1 Å². The summed E-state index contributed by atoms with van der Waals surface area (Å²) in [5, 5.41) is 12.0. The van der Waals surface area contributed by atoms with Crippen LogP contribution in [0.3, 0.4) is 0 Å². The maximum Gasteiger partial charge on any atom is 0.128 e. The van der Waals surface area contributed by atoms with E-state index in [0.717, 1.165) is 38.4 Å². The quantitative estimate of drug-likeness (QED) is 0.750. The zero-order valence-electron chi connectivity index (χ0n) is 16.0. The van der Waals surface area contributed by atoms with E-state index in [1.54, 1.807) is 0 Å². The van der Waals surface area contributed by atoms with Crippen molar-refractivity contribution in [2.24, 2.45) is 22.7 Å². The van der Waals surface area contributed by atoms with E-state index in [4.69, 9.17) is 0 Å². The molecule has 1 aromatic carbocycles. The van der Waals surface area contributed by atoms with Crippen molar-refractivity contribution in [1.82, 2.24) is 4.98 Å². The van der Waals surface area contributed by atoms with E-state index in [1.165, 1.54) is 22.2 Å². The number of rotatable bonds is 1. The third-order valence-corrected chi connectivity index (χ3v) is 9.02. The van der Waals surface area contributed by atoms with Gasteiger partial charge in [0.15, 0.2) is 0 Å². The number of aromatic nitrogens is 1. The van der Waals surface area contributed by atoms with Crippen LogP contribution in [-0.4, -0.2) is 22.5 Å². The van der Waals surface area contributed by atoms with Gasteiger partial charge in [-0.1, -0.05) is 39.0 Å². The molecular formula is C23H29NO2. The van der Waals surface area contributed by atoms with E-state index in [-0.39, 0.29) is 16.7 Å². The molecule has 0 bridgehead atoms. The Morgan fingerprint density at radius 2 is 1.92 bits per heavy atom. The van der Waals surface area contributed by atoms with Gasteiger partial charge in [-0.25, -0.2) is 0 Å². The van der Waals surface area contributed by atoms with E-state index < -0.39 is 11.5 Å². The first-order valence-electron chi connectivity index (χ1n) is 10.1. The zero-order valence-corrected chi connectivity index (χ0v) is 16.0. The van der Waals surface area contributed by atoms with Crippen LogP contribution in [0.2, 0.25) is 0 Å². The first-order valence-corrected chi connectivity index (χ1v) is 10.1. The van der Waals surface area contributed by atoms with Crippen molar-refractivity contribution in [3.8, 4) is 0 Å². The highest BCUT2D eigenvalue weighted by molar-refractivity contribution is 5.86. The number of aliphatic hydroxyl groups is 1. The molecule has 6 atom stereocenters. The highest BCUT2D eigenvalue weighted by Gasteiger charge is 2.66. The average Bonchev–Trinajstić information content (AvgIpc) is 3.14. The molecule has 138 valence electrons. The summed E-state index contributed by atoms with van der Waals surface area (Å²) in [5.74, 6) is 0.857. The van der Waals surface area contributed by atoms with Gasteiger partial charge in [0, 0.05) is 22.0 Å². The van der Waals surface area contributed by atoms with Crippen LogP contribution in [0.25, 0.3) is 10.9 Å². The molecule has 26 heavy (non-hydrogen) atoms. The zero-order chi connectivity index (χ0) is 18.3. The Morgan fingerprint density at radius 3 is 2.69 bits per heavy atom. The van der Waals surface area contributed by atoms with Crippen LogP contribution >= 0.6 is 0 Å². The first-order chi connectivity index (χ1) is 12.4. The number of fused-ring (bicyclic) bond motifs is 7. The summed E-state index contributed by atoms with van der Waals surface area (Å²) in [6.07, 6.45) is 5.59. The second-order valence-corrected chi connectivity index (χ2v) is 9.71. The van der Waals surface area contributed by atoms with Crippen LogP contribution in [-0.2, 0) is 16.6 Å². The number of H-pyrrole nitrogens is 1. The largest absolute Gasteiger partial charge is 0.392 e. The normalized spacial score (nSPS) is 44.4. The van der Waals surface area contributed by atoms with E-state index >= 15 is 0 Å². The fourth-order valence-electron chi connectivity index (χ4n) is 7.27. The average molecular weight is 351 g/mol. The SMILES string of the molecule is C[C@]1(C=O)[C@H](O)CC[C@]2(C)[C@H]1CC[C@H]1Cc3c([nH]c4ccccc34)[C@@]12C. The molecule has 3 aliphatic carbocycles. The number of hydrogen-bond donors (Lipinski definition) is 2. The number of carbonyl (C=O) groups excluding carboxylic acids is 1. The molecule has 2 saturated carbocycles. The molecule has 0 radical (unpaired) electrons. The van der Waals surface area contributed by atoms with Crippen molar-refractivity contribution in [3.63, 3.8) is 0 Å². The van der Waals surface area contributed by atoms with E-state index in [9.17, 15) is 9.90 Å². The maximum absolute atomic E-state index is 12.1. The van der Waals surface area contributed by atoms with Gasteiger partial charge in [0.05, 0.1) is 11.5 Å². The summed E-state index contributed by atoms with van der Waals surface area (Å²) < 4.78 is 0. The molecule has 1 heterocycles. The fourth-order valence-corrected chi connectivity index (χ4v) is 7.27. The number of aromatic amines is 1. The third-order valence-electron chi connectivity index (χ3n) is 9.02. The summed E-state index contributed by atoms with van der Waals surface area (Å²) >= 11 is 0. The van der Waals surface area contributed by atoms with Crippen LogP contribution in [0.4, 0.5) is 0 Å². The molecule has 0 spiro atoms. The summed E-state index contributed by atoms with van der Waals surface area (Å²) in [6, 6.07) is 8.64. The highest BCUT2D eigenvalue weighted by atomic mass is 16.3. The van der Waals surface area contributed by atoms with Crippen LogP contribution in [0.1, 0.15) is 57.7 Å². The predicted molar refractivity (Wildman–Crippen MR) is 103 cm³/mol. The number of aliphatic hydroxyl groups excluding tert-OH is 1. The molecule has 3 aliphatic rings. The Bertz CT molecular complexity index is 901. The van der Waals surface area contributed by atoms with E-state index in [1.807, 2.05) is 6.92 Å². The number of hydrogen-bond acceptors (Lipinski definition) is 2. The van der Waals surface area contributed by atoms with Gasteiger partial charge in [-0.15, -0.1) is 0 Å². The molecule has 2 fully saturated rings. The minimum absolute atomic E-state index is 0.0247. The van der Waals surface area contributed by atoms with Crippen LogP contribution in [0.15, 0.2) is 24.3 Å². The molecule has 3 heteroatoms. The number of nitrogens with one attached hydrogen (secondary N) is 1. The molecule has 3 nitrogen and oxygen atoms in total. The lowest BCUT2D eigenvalue weighted by molar-refractivity contribution is -0.167. The Kier molecular flexibility index (Phi) is 3.19. The van der Waals surface area contributed by atoms with Gasteiger partial charge in [-0.3, -0.25) is 0 Å². The van der Waals surface area contributed by atoms with Gasteiger partial charge in [0.1, 0.15) is 6.29 Å². The highest BCUT2D eigenvalue weighted by Crippen LogP contribution is 2.69. The van der Waals surface area contributed by atoms with Gasteiger partial charge in [0.2, 0.25) is 0 Å². The molecule has 0 saturated heterocycles. The van der Waals surface area contributed by atoms with Gasteiger partial charge in [-0.2, -0.15) is 0 Å². The molecule has 2 aromatic rings. The van der Waals surface area contributed by atoms with Crippen molar-refractivity contribution in [2.45, 2.75) is 64.4 Å².